The van der Waals surface area contributed by atoms with E-state index in [0.29, 0.717) is 17.5 Å². The molecule has 3 unspecified atom stereocenters. The maximum atomic E-state index is 3.75. The molecule has 2 aliphatic rings. The molecule has 0 aromatic rings. The van der Waals surface area contributed by atoms with Crippen molar-refractivity contribution in [2.45, 2.75) is 65.5 Å². The molecule has 0 aromatic heterocycles. The van der Waals surface area contributed by atoms with Gasteiger partial charge >= 0.3 is 0 Å². The fourth-order valence-electron chi connectivity index (χ4n) is 4.29. The van der Waals surface area contributed by atoms with Crippen molar-refractivity contribution in [3.05, 3.63) is 0 Å². The number of hydrogen-bond acceptors (Lipinski definition) is 3. The molecule has 3 heteroatoms. The summed E-state index contributed by atoms with van der Waals surface area (Å²) < 4.78 is 0. The normalized spacial score (nSPS) is 36.3. The van der Waals surface area contributed by atoms with Crippen LogP contribution in [0.3, 0.4) is 0 Å². The van der Waals surface area contributed by atoms with Crippen LogP contribution in [0.1, 0.15) is 53.4 Å². The van der Waals surface area contributed by atoms with E-state index >= 15 is 0 Å². The molecule has 0 aromatic carbocycles. The monoisotopic (exact) mass is 295 g/mol. The van der Waals surface area contributed by atoms with Crippen molar-refractivity contribution in [2.24, 2.45) is 11.3 Å². The molecule has 0 amide bonds. The Bertz CT molecular complexity index is 318. The first-order valence-electron chi connectivity index (χ1n) is 9.06. The molecule has 0 radical (unpaired) electrons. The largest absolute Gasteiger partial charge is 0.314 e. The van der Waals surface area contributed by atoms with Crippen molar-refractivity contribution in [1.29, 1.82) is 0 Å². The first-order valence-corrected chi connectivity index (χ1v) is 9.06. The summed E-state index contributed by atoms with van der Waals surface area (Å²) in [5.41, 5.74) is 0.511. The predicted molar refractivity (Wildman–Crippen MR) is 91.7 cm³/mol. The van der Waals surface area contributed by atoms with E-state index in [1.54, 1.807) is 0 Å². The molecule has 1 saturated carbocycles. The van der Waals surface area contributed by atoms with Gasteiger partial charge in [-0.15, -0.1) is 0 Å². The van der Waals surface area contributed by atoms with Crippen LogP contribution in [0.4, 0.5) is 0 Å². The highest BCUT2D eigenvalue weighted by molar-refractivity contribution is 4.92. The van der Waals surface area contributed by atoms with Crippen molar-refractivity contribution < 1.29 is 0 Å². The molecule has 3 atom stereocenters. The highest BCUT2D eigenvalue weighted by Gasteiger charge is 2.37. The number of hydrogen-bond donors (Lipinski definition) is 1. The lowest BCUT2D eigenvalue weighted by Crippen LogP contribution is -2.55. The van der Waals surface area contributed by atoms with Gasteiger partial charge in [0.05, 0.1) is 0 Å². The summed E-state index contributed by atoms with van der Waals surface area (Å²) in [7, 11) is 2.26. The smallest absolute Gasteiger partial charge is 0.0192 e. The van der Waals surface area contributed by atoms with Gasteiger partial charge in [0.15, 0.2) is 0 Å². The van der Waals surface area contributed by atoms with Gasteiger partial charge in [-0.2, -0.15) is 0 Å². The number of rotatable bonds is 5. The van der Waals surface area contributed by atoms with E-state index in [0.717, 1.165) is 5.92 Å². The first kappa shape index (κ1) is 17.2. The third-order valence-corrected chi connectivity index (χ3v) is 5.67. The van der Waals surface area contributed by atoms with E-state index in [9.17, 15) is 0 Å². The van der Waals surface area contributed by atoms with E-state index in [2.05, 4.69) is 49.9 Å². The first-order chi connectivity index (χ1) is 9.90. The van der Waals surface area contributed by atoms with Gasteiger partial charge in [0.1, 0.15) is 0 Å². The van der Waals surface area contributed by atoms with Crippen LogP contribution in [0.15, 0.2) is 0 Å². The second kappa shape index (κ2) is 7.43. The van der Waals surface area contributed by atoms with Gasteiger partial charge in [-0.1, -0.05) is 33.6 Å². The highest BCUT2D eigenvalue weighted by Crippen LogP contribution is 2.40. The molecule has 1 aliphatic heterocycles. The van der Waals surface area contributed by atoms with E-state index in [1.807, 2.05) is 0 Å². The molecule has 124 valence electrons. The quantitative estimate of drug-likeness (QED) is 0.841. The summed E-state index contributed by atoms with van der Waals surface area (Å²) in [6, 6.07) is 1.31. The second-order valence-corrected chi connectivity index (χ2v) is 8.30. The second-order valence-electron chi connectivity index (χ2n) is 8.30. The maximum absolute atomic E-state index is 3.75. The van der Waals surface area contributed by atoms with E-state index in [4.69, 9.17) is 0 Å². The SMILES string of the molecule is CC1CCCC(CNC(C)C)(CN2CCN(C)C(C)C2)C1. The Kier molecular flexibility index (Phi) is 6.10. The lowest BCUT2D eigenvalue weighted by Gasteiger charge is -2.47. The molecule has 0 bridgehead atoms. The summed E-state index contributed by atoms with van der Waals surface area (Å²) in [5, 5.41) is 3.75. The Morgan fingerprint density at radius 2 is 2.00 bits per heavy atom. The molecule has 21 heavy (non-hydrogen) atoms. The Morgan fingerprint density at radius 1 is 1.24 bits per heavy atom. The van der Waals surface area contributed by atoms with Crippen LogP contribution in [0, 0.1) is 11.3 Å². The van der Waals surface area contributed by atoms with Gasteiger partial charge in [0.2, 0.25) is 0 Å². The summed E-state index contributed by atoms with van der Waals surface area (Å²) in [5.74, 6) is 0.901. The van der Waals surface area contributed by atoms with E-state index in [1.165, 1.54) is 58.4 Å². The van der Waals surface area contributed by atoms with Crippen molar-refractivity contribution in [3.63, 3.8) is 0 Å². The van der Waals surface area contributed by atoms with Gasteiger partial charge < -0.3 is 10.2 Å². The average molecular weight is 296 g/mol. The zero-order chi connectivity index (χ0) is 15.5. The summed E-state index contributed by atoms with van der Waals surface area (Å²) in [4.78, 5) is 5.24. The summed E-state index contributed by atoms with van der Waals surface area (Å²) >= 11 is 0. The maximum Gasteiger partial charge on any atom is 0.0192 e. The van der Waals surface area contributed by atoms with Crippen LogP contribution >= 0.6 is 0 Å². The van der Waals surface area contributed by atoms with Gasteiger partial charge in [-0.25, -0.2) is 0 Å². The van der Waals surface area contributed by atoms with Gasteiger partial charge in [0, 0.05) is 44.8 Å². The van der Waals surface area contributed by atoms with Crippen LogP contribution in [0.2, 0.25) is 0 Å². The average Bonchev–Trinajstić information content (AvgIpc) is 2.41. The van der Waals surface area contributed by atoms with Gasteiger partial charge in [-0.3, -0.25) is 4.90 Å². The Hall–Kier alpha value is -0.120. The molecule has 0 spiro atoms. The minimum Gasteiger partial charge on any atom is -0.314 e. The number of piperazine rings is 1. The minimum atomic E-state index is 0.511. The molecular formula is C18H37N3. The number of nitrogens with one attached hydrogen (secondary N) is 1. The van der Waals surface area contributed by atoms with Crippen LogP contribution in [0.5, 0.6) is 0 Å². The Morgan fingerprint density at radius 3 is 2.62 bits per heavy atom. The van der Waals surface area contributed by atoms with Crippen LogP contribution < -0.4 is 5.32 Å². The molecule has 1 heterocycles. The molecule has 3 nitrogen and oxygen atoms in total. The third kappa shape index (κ3) is 4.94. The standard InChI is InChI=1S/C18H37N3/c1-15(2)19-13-18(8-6-7-16(3)11-18)14-21-10-9-20(5)17(4)12-21/h15-17,19H,6-14H2,1-5H3. The van der Waals surface area contributed by atoms with Crippen molar-refractivity contribution >= 4 is 0 Å². The summed E-state index contributed by atoms with van der Waals surface area (Å²) in [6.45, 7) is 15.6. The molecular weight excluding hydrogens is 258 g/mol. The summed E-state index contributed by atoms with van der Waals surface area (Å²) in [6.07, 6.45) is 5.68. The van der Waals surface area contributed by atoms with Crippen LogP contribution in [0.25, 0.3) is 0 Å². The predicted octanol–water partition coefficient (Wildman–Crippen LogP) is 2.82. The van der Waals surface area contributed by atoms with Crippen LogP contribution in [-0.2, 0) is 0 Å². The fourth-order valence-corrected chi connectivity index (χ4v) is 4.29. The van der Waals surface area contributed by atoms with Gasteiger partial charge in [0.25, 0.3) is 0 Å². The molecule has 1 saturated heterocycles. The van der Waals surface area contributed by atoms with E-state index < -0.39 is 0 Å². The number of nitrogens with zero attached hydrogens (tertiary/aromatic N) is 2. The number of likely N-dealkylation sites (N-methyl/N-ethyl adjacent to an activating group) is 1. The highest BCUT2D eigenvalue weighted by atomic mass is 15.3. The van der Waals surface area contributed by atoms with Crippen LogP contribution in [-0.4, -0.2) is 61.7 Å². The van der Waals surface area contributed by atoms with Gasteiger partial charge in [-0.05, 0) is 38.1 Å². The fraction of sp³-hybridized carbons (Fsp3) is 1.00. The zero-order valence-corrected chi connectivity index (χ0v) is 15.0. The third-order valence-electron chi connectivity index (χ3n) is 5.67. The van der Waals surface area contributed by atoms with E-state index in [-0.39, 0.29) is 0 Å². The van der Waals surface area contributed by atoms with Crippen molar-refractivity contribution in [3.8, 4) is 0 Å². The lowest BCUT2D eigenvalue weighted by molar-refractivity contribution is 0.0353. The molecule has 1 N–H and O–H groups in total. The van der Waals surface area contributed by atoms with Crippen molar-refractivity contribution in [1.82, 2.24) is 15.1 Å². The Balaban J connectivity index is 1.98. The minimum absolute atomic E-state index is 0.511. The molecule has 2 rings (SSSR count). The molecule has 1 aliphatic carbocycles. The topological polar surface area (TPSA) is 18.5 Å². The van der Waals surface area contributed by atoms with Crippen molar-refractivity contribution in [2.75, 3.05) is 39.8 Å². The lowest BCUT2D eigenvalue weighted by atomic mass is 9.69. The molecule has 2 fully saturated rings. The zero-order valence-electron chi connectivity index (χ0n) is 15.0. The Labute approximate surface area is 132 Å².